The number of thiol groups is 1. The van der Waals surface area contributed by atoms with E-state index in [-0.39, 0.29) is 36.2 Å². The van der Waals surface area contributed by atoms with Crippen LogP contribution in [0.2, 0.25) is 0 Å². The van der Waals surface area contributed by atoms with Crippen LogP contribution in [0.5, 0.6) is 5.75 Å². The predicted octanol–water partition coefficient (Wildman–Crippen LogP) is 0.823. The molecule has 0 heterocycles. The maximum Gasteiger partial charge on any atom is 0.327 e. The van der Waals surface area contributed by atoms with Crippen molar-refractivity contribution in [3.05, 3.63) is 29.8 Å². The third kappa shape index (κ3) is 11.0. The van der Waals surface area contributed by atoms with Gasteiger partial charge in [0.1, 0.15) is 23.9 Å². The number of phenols is 1. The summed E-state index contributed by atoms with van der Waals surface area (Å²) in [5.74, 6) is -2.85. The first-order valence-corrected chi connectivity index (χ1v) is 12.3. The van der Waals surface area contributed by atoms with Gasteiger partial charge in [0.05, 0.1) is 6.04 Å². The molecule has 0 aliphatic heterocycles. The summed E-state index contributed by atoms with van der Waals surface area (Å²) >= 11 is 3.95. The van der Waals surface area contributed by atoms with E-state index < -0.39 is 47.9 Å². The molecule has 0 aliphatic rings. The number of nitrogens with one attached hydrogen (secondary N) is 3. The molecule has 1 aromatic rings. The molecule has 0 spiro atoms. The number of carbonyl (C=O) groups excluding carboxylic acids is 3. The second kappa shape index (κ2) is 14.6. The minimum absolute atomic E-state index is 0.0298. The number of hydrogen-bond donors (Lipinski definition) is 7. The minimum Gasteiger partial charge on any atom is -0.508 e. The van der Waals surface area contributed by atoms with Gasteiger partial charge in [0.15, 0.2) is 0 Å². The van der Waals surface area contributed by atoms with Crippen molar-refractivity contribution >= 4 is 36.3 Å². The van der Waals surface area contributed by atoms with Crippen LogP contribution in [0.3, 0.4) is 0 Å². The van der Waals surface area contributed by atoms with Gasteiger partial charge in [0.2, 0.25) is 17.7 Å². The average molecular weight is 511 g/mol. The molecule has 10 nitrogen and oxygen atoms in total. The van der Waals surface area contributed by atoms with Crippen molar-refractivity contribution in [1.82, 2.24) is 16.0 Å². The second-order valence-corrected chi connectivity index (χ2v) is 9.81. The molecular weight excluding hydrogens is 472 g/mol. The first kappa shape index (κ1) is 30.2. The summed E-state index contributed by atoms with van der Waals surface area (Å²) in [5.41, 5.74) is 6.80. The van der Waals surface area contributed by atoms with Crippen LogP contribution in [0.1, 0.15) is 46.1 Å². The van der Waals surface area contributed by atoms with Crippen molar-refractivity contribution < 1.29 is 29.4 Å². The Morgan fingerprint density at radius 1 is 0.829 bits per heavy atom. The Hall–Kier alpha value is -2.79. The van der Waals surface area contributed by atoms with Crippen LogP contribution in [0, 0.1) is 11.8 Å². The van der Waals surface area contributed by atoms with Crippen molar-refractivity contribution in [3.8, 4) is 5.75 Å². The number of carbonyl (C=O) groups is 4. The molecular formula is C24H38N4O6S. The SMILES string of the molecule is CC(C)CC(NC(=O)C(N)Cc1ccc(O)cc1)C(=O)NC(CC(C)C)C(=O)NC(CS)C(=O)O. The molecule has 1 aromatic carbocycles. The normalized spacial score (nSPS) is 14.6. The Morgan fingerprint density at radius 3 is 1.66 bits per heavy atom. The zero-order valence-electron chi connectivity index (χ0n) is 20.7. The van der Waals surface area contributed by atoms with Gasteiger partial charge >= 0.3 is 5.97 Å². The number of rotatable bonds is 14. The molecule has 1 rings (SSSR count). The first-order chi connectivity index (χ1) is 16.3. The van der Waals surface area contributed by atoms with E-state index in [4.69, 9.17) is 5.73 Å². The Bertz CT molecular complexity index is 862. The lowest BCUT2D eigenvalue weighted by Gasteiger charge is -2.26. The van der Waals surface area contributed by atoms with Crippen LogP contribution < -0.4 is 21.7 Å². The number of amides is 3. The van der Waals surface area contributed by atoms with Gasteiger partial charge < -0.3 is 31.9 Å². The summed E-state index contributed by atoms with van der Waals surface area (Å²) < 4.78 is 0. The van der Waals surface area contributed by atoms with E-state index in [2.05, 4.69) is 28.6 Å². The van der Waals surface area contributed by atoms with Gasteiger partial charge in [0, 0.05) is 5.75 Å². The first-order valence-electron chi connectivity index (χ1n) is 11.6. The molecule has 35 heavy (non-hydrogen) atoms. The third-order valence-corrected chi connectivity index (χ3v) is 5.57. The van der Waals surface area contributed by atoms with Crippen LogP contribution in [-0.4, -0.2) is 63.8 Å². The molecule has 0 fully saturated rings. The van der Waals surface area contributed by atoms with E-state index in [0.717, 1.165) is 5.56 Å². The van der Waals surface area contributed by atoms with Gasteiger partial charge in [-0.05, 0) is 48.8 Å². The Morgan fingerprint density at radius 2 is 1.26 bits per heavy atom. The number of benzene rings is 1. The fourth-order valence-corrected chi connectivity index (χ4v) is 3.64. The summed E-state index contributed by atoms with van der Waals surface area (Å²) in [4.78, 5) is 49.9. The van der Waals surface area contributed by atoms with Gasteiger partial charge in [0.25, 0.3) is 0 Å². The average Bonchev–Trinajstić information content (AvgIpc) is 2.76. The molecule has 0 saturated carbocycles. The highest BCUT2D eigenvalue weighted by atomic mass is 32.1. The van der Waals surface area contributed by atoms with Gasteiger partial charge in [-0.2, -0.15) is 12.6 Å². The molecule has 0 aromatic heterocycles. The predicted molar refractivity (Wildman–Crippen MR) is 136 cm³/mol. The van der Waals surface area contributed by atoms with Crippen LogP contribution in [0.15, 0.2) is 24.3 Å². The molecule has 0 saturated heterocycles. The maximum atomic E-state index is 13.1. The van der Waals surface area contributed by atoms with Crippen molar-refractivity contribution in [2.24, 2.45) is 17.6 Å². The molecule has 0 bridgehead atoms. The number of carboxylic acids is 1. The molecule has 0 aliphatic carbocycles. The van der Waals surface area contributed by atoms with Gasteiger partial charge in [-0.25, -0.2) is 4.79 Å². The summed E-state index contributed by atoms with van der Waals surface area (Å²) in [6, 6.07) is 2.27. The fourth-order valence-electron chi connectivity index (χ4n) is 3.39. The second-order valence-electron chi connectivity index (χ2n) is 9.44. The highest BCUT2D eigenvalue weighted by Crippen LogP contribution is 2.12. The summed E-state index contributed by atoms with van der Waals surface area (Å²) in [5, 5.41) is 26.4. The van der Waals surface area contributed by atoms with Crippen molar-refractivity contribution in [2.45, 2.75) is 71.1 Å². The minimum atomic E-state index is -1.23. The Labute approximate surface area is 211 Å². The molecule has 7 N–H and O–H groups in total. The number of aliphatic carboxylic acids is 1. The largest absolute Gasteiger partial charge is 0.508 e. The highest BCUT2D eigenvalue weighted by molar-refractivity contribution is 7.80. The number of hydrogen-bond acceptors (Lipinski definition) is 7. The monoisotopic (exact) mass is 510 g/mol. The van der Waals surface area contributed by atoms with Gasteiger partial charge in [-0.15, -0.1) is 0 Å². The molecule has 4 atom stereocenters. The van der Waals surface area contributed by atoms with E-state index in [1.165, 1.54) is 12.1 Å². The quantitative estimate of drug-likeness (QED) is 0.182. The summed E-state index contributed by atoms with van der Waals surface area (Å²) in [6.45, 7) is 7.53. The van der Waals surface area contributed by atoms with Crippen molar-refractivity contribution in [1.29, 1.82) is 0 Å². The zero-order chi connectivity index (χ0) is 26.7. The summed E-state index contributed by atoms with van der Waals surface area (Å²) in [7, 11) is 0. The lowest BCUT2D eigenvalue weighted by atomic mass is 9.99. The van der Waals surface area contributed by atoms with E-state index in [9.17, 15) is 29.4 Å². The molecule has 11 heteroatoms. The number of phenolic OH excluding ortho intramolecular Hbond substituents is 1. The topological polar surface area (TPSA) is 171 Å². The standard InChI is InChI=1S/C24H38N4O6S/c1-13(2)9-18(26-21(30)17(25)11-15-5-7-16(29)8-6-15)22(31)27-19(10-14(3)4)23(32)28-20(12-35)24(33)34/h5-8,13-14,17-20,29,35H,9-12,25H2,1-4H3,(H,26,30)(H,27,31)(H,28,32)(H,33,34). The van der Waals surface area contributed by atoms with E-state index in [1.807, 2.05) is 27.7 Å². The smallest absolute Gasteiger partial charge is 0.327 e. The molecule has 0 radical (unpaired) electrons. The number of nitrogens with two attached hydrogens (primary N) is 1. The summed E-state index contributed by atoms with van der Waals surface area (Å²) in [6.07, 6.45) is 0.800. The highest BCUT2D eigenvalue weighted by Gasteiger charge is 2.30. The van der Waals surface area contributed by atoms with E-state index in [1.54, 1.807) is 12.1 Å². The Kier molecular flexibility index (Phi) is 12.6. The number of carboxylic acid groups (broad SMARTS) is 1. The lowest BCUT2D eigenvalue weighted by Crippen LogP contribution is -2.57. The van der Waals surface area contributed by atoms with E-state index in [0.29, 0.717) is 6.42 Å². The molecule has 3 amide bonds. The molecule has 196 valence electrons. The van der Waals surface area contributed by atoms with Crippen molar-refractivity contribution in [3.63, 3.8) is 0 Å². The van der Waals surface area contributed by atoms with E-state index >= 15 is 0 Å². The molecule has 4 unspecified atom stereocenters. The van der Waals surface area contributed by atoms with Crippen LogP contribution in [-0.2, 0) is 25.6 Å². The maximum absolute atomic E-state index is 13.1. The van der Waals surface area contributed by atoms with Gasteiger partial charge in [-0.3, -0.25) is 14.4 Å². The van der Waals surface area contributed by atoms with Gasteiger partial charge in [-0.1, -0.05) is 39.8 Å². The van der Waals surface area contributed by atoms with Crippen molar-refractivity contribution in [2.75, 3.05) is 5.75 Å². The number of aromatic hydroxyl groups is 1. The van der Waals surface area contributed by atoms with Crippen LogP contribution in [0.25, 0.3) is 0 Å². The lowest BCUT2D eigenvalue weighted by molar-refractivity contribution is -0.141. The Balaban J connectivity index is 2.93. The third-order valence-electron chi connectivity index (χ3n) is 5.21. The van der Waals surface area contributed by atoms with Crippen LogP contribution >= 0.6 is 12.6 Å². The zero-order valence-corrected chi connectivity index (χ0v) is 21.5. The fraction of sp³-hybridized carbons (Fsp3) is 0.583. The van der Waals surface area contributed by atoms with Crippen LogP contribution in [0.4, 0.5) is 0 Å².